The second-order valence-corrected chi connectivity index (χ2v) is 9.46. The summed E-state index contributed by atoms with van der Waals surface area (Å²) in [4.78, 5) is 12.5. The van der Waals surface area contributed by atoms with Gasteiger partial charge in [-0.3, -0.25) is 4.79 Å². The number of piperidine rings is 1. The van der Waals surface area contributed by atoms with Crippen molar-refractivity contribution in [2.45, 2.75) is 31.1 Å². The van der Waals surface area contributed by atoms with E-state index in [0.29, 0.717) is 12.8 Å². The molecule has 5 nitrogen and oxygen atoms in total. The molecule has 0 aliphatic carbocycles. The number of carbonyl (C=O) groups excluding carboxylic acids is 1. The van der Waals surface area contributed by atoms with Crippen LogP contribution in [0.3, 0.4) is 0 Å². The van der Waals surface area contributed by atoms with Crippen molar-refractivity contribution in [3.05, 3.63) is 58.1 Å². The molecular weight excluding hydrogens is 419 g/mol. The van der Waals surface area contributed by atoms with Crippen LogP contribution in [0.15, 0.2) is 47.4 Å². The van der Waals surface area contributed by atoms with Crippen molar-refractivity contribution >= 4 is 44.8 Å². The first-order valence-electron chi connectivity index (χ1n) is 9.17. The molecule has 0 spiro atoms. The lowest BCUT2D eigenvalue weighted by atomic mass is 9.97. The van der Waals surface area contributed by atoms with Gasteiger partial charge in [0, 0.05) is 24.7 Å². The first kappa shape index (κ1) is 21.1. The summed E-state index contributed by atoms with van der Waals surface area (Å²) in [6.07, 6.45) is 1.83. The fourth-order valence-corrected chi connectivity index (χ4v) is 5.85. The van der Waals surface area contributed by atoms with E-state index in [4.69, 9.17) is 23.2 Å². The number of nitrogens with one attached hydrogen (secondary N) is 1. The minimum absolute atomic E-state index is 0.0720. The third-order valence-corrected chi connectivity index (χ3v) is 7.83. The Kier molecular flexibility index (Phi) is 6.65. The molecule has 0 unspecified atom stereocenters. The number of benzene rings is 2. The van der Waals surface area contributed by atoms with Crippen LogP contribution in [0.2, 0.25) is 10.0 Å². The van der Waals surface area contributed by atoms with Gasteiger partial charge in [-0.25, -0.2) is 8.42 Å². The SMILES string of the molecule is CCc1ccc(NC(=O)C2CCN(S(=O)(=O)c3c(Cl)cccc3Cl)CC2)cc1. The van der Waals surface area contributed by atoms with E-state index in [9.17, 15) is 13.2 Å². The first-order chi connectivity index (χ1) is 13.3. The quantitative estimate of drug-likeness (QED) is 0.738. The maximum absolute atomic E-state index is 12.9. The van der Waals surface area contributed by atoms with E-state index in [0.717, 1.165) is 12.1 Å². The van der Waals surface area contributed by atoms with E-state index in [2.05, 4.69) is 12.2 Å². The molecule has 0 saturated carbocycles. The Hall–Kier alpha value is -1.60. The highest BCUT2D eigenvalue weighted by Crippen LogP contribution is 2.33. The molecule has 28 heavy (non-hydrogen) atoms. The molecule has 1 amide bonds. The number of nitrogens with zero attached hydrogens (tertiary/aromatic N) is 1. The van der Waals surface area contributed by atoms with Crippen molar-refractivity contribution in [3.63, 3.8) is 0 Å². The van der Waals surface area contributed by atoms with E-state index in [1.54, 1.807) is 6.07 Å². The van der Waals surface area contributed by atoms with E-state index >= 15 is 0 Å². The molecule has 1 fully saturated rings. The normalized spacial score (nSPS) is 16.1. The largest absolute Gasteiger partial charge is 0.326 e. The second kappa shape index (κ2) is 8.82. The van der Waals surface area contributed by atoms with Gasteiger partial charge in [0.05, 0.1) is 10.0 Å². The molecular formula is C20H22Cl2N2O3S. The number of rotatable bonds is 5. The van der Waals surface area contributed by atoms with Gasteiger partial charge < -0.3 is 5.32 Å². The fourth-order valence-electron chi connectivity index (χ4n) is 3.28. The van der Waals surface area contributed by atoms with Gasteiger partial charge in [-0.1, -0.05) is 48.3 Å². The van der Waals surface area contributed by atoms with Gasteiger partial charge in [0.15, 0.2) is 0 Å². The summed E-state index contributed by atoms with van der Waals surface area (Å²) in [5.74, 6) is -0.323. The summed E-state index contributed by atoms with van der Waals surface area (Å²) < 4.78 is 27.2. The standard InChI is InChI=1S/C20H22Cl2N2O3S/c1-2-14-6-8-16(9-7-14)23-20(25)15-10-12-24(13-11-15)28(26,27)19-17(21)4-3-5-18(19)22/h3-9,15H,2,10-13H2,1H3,(H,23,25). The topological polar surface area (TPSA) is 66.5 Å². The van der Waals surface area contributed by atoms with Crippen LogP contribution in [-0.2, 0) is 21.2 Å². The maximum atomic E-state index is 12.9. The highest BCUT2D eigenvalue weighted by molar-refractivity contribution is 7.89. The van der Waals surface area contributed by atoms with Crippen LogP contribution in [0.25, 0.3) is 0 Å². The molecule has 150 valence electrons. The molecule has 1 aliphatic heterocycles. The van der Waals surface area contributed by atoms with Gasteiger partial charge in [-0.05, 0) is 49.1 Å². The van der Waals surface area contributed by atoms with Crippen molar-refractivity contribution in [2.75, 3.05) is 18.4 Å². The van der Waals surface area contributed by atoms with E-state index in [-0.39, 0.29) is 39.9 Å². The van der Waals surface area contributed by atoms with Crippen molar-refractivity contribution in [1.29, 1.82) is 0 Å². The molecule has 1 heterocycles. The monoisotopic (exact) mass is 440 g/mol. The highest BCUT2D eigenvalue weighted by atomic mass is 35.5. The van der Waals surface area contributed by atoms with Gasteiger partial charge >= 0.3 is 0 Å². The van der Waals surface area contributed by atoms with Crippen molar-refractivity contribution in [3.8, 4) is 0 Å². The predicted octanol–water partition coefficient (Wildman–Crippen LogP) is 4.60. The smallest absolute Gasteiger partial charge is 0.246 e. The number of carbonyl (C=O) groups is 1. The van der Waals surface area contributed by atoms with Crippen LogP contribution in [-0.4, -0.2) is 31.7 Å². The summed E-state index contributed by atoms with van der Waals surface area (Å²) in [7, 11) is -3.80. The fraction of sp³-hybridized carbons (Fsp3) is 0.350. The predicted molar refractivity (Wildman–Crippen MR) is 112 cm³/mol. The summed E-state index contributed by atoms with van der Waals surface area (Å²) in [6, 6.07) is 12.4. The first-order valence-corrected chi connectivity index (χ1v) is 11.4. The average Bonchev–Trinajstić information content (AvgIpc) is 2.68. The maximum Gasteiger partial charge on any atom is 0.246 e. The minimum Gasteiger partial charge on any atom is -0.326 e. The van der Waals surface area contributed by atoms with Crippen molar-refractivity contribution in [1.82, 2.24) is 4.31 Å². The molecule has 1 N–H and O–H groups in total. The molecule has 0 aromatic heterocycles. The number of anilines is 1. The number of sulfonamides is 1. The summed E-state index contributed by atoms with van der Waals surface area (Å²) >= 11 is 12.1. The number of amides is 1. The Morgan fingerprint density at radius 3 is 2.18 bits per heavy atom. The molecule has 2 aromatic carbocycles. The zero-order valence-corrected chi connectivity index (χ0v) is 17.8. The van der Waals surface area contributed by atoms with Crippen LogP contribution in [0.1, 0.15) is 25.3 Å². The van der Waals surface area contributed by atoms with E-state index in [1.165, 1.54) is 22.0 Å². The van der Waals surface area contributed by atoms with Crippen LogP contribution < -0.4 is 5.32 Å². The van der Waals surface area contributed by atoms with E-state index < -0.39 is 10.0 Å². The zero-order valence-electron chi connectivity index (χ0n) is 15.5. The lowest BCUT2D eigenvalue weighted by Gasteiger charge is -2.31. The summed E-state index contributed by atoms with van der Waals surface area (Å²) in [5.41, 5.74) is 1.95. The van der Waals surface area contributed by atoms with Gasteiger partial charge in [0.1, 0.15) is 4.90 Å². The average molecular weight is 441 g/mol. The minimum atomic E-state index is -3.80. The third kappa shape index (κ3) is 4.51. The van der Waals surface area contributed by atoms with Gasteiger partial charge in [0.2, 0.25) is 15.9 Å². The molecule has 0 atom stereocenters. The van der Waals surface area contributed by atoms with Crippen LogP contribution >= 0.6 is 23.2 Å². The number of hydrogen-bond donors (Lipinski definition) is 1. The molecule has 3 rings (SSSR count). The Bertz CT molecular complexity index is 934. The van der Waals surface area contributed by atoms with Crippen LogP contribution in [0, 0.1) is 5.92 Å². The van der Waals surface area contributed by atoms with Gasteiger partial charge in [-0.15, -0.1) is 0 Å². The van der Waals surface area contributed by atoms with Gasteiger partial charge in [0.25, 0.3) is 0 Å². The Morgan fingerprint density at radius 1 is 1.07 bits per heavy atom. The molecule has 1 saturated heterocycles. The zero-order chi connectivity index (χ0) is 20.3. The van der Waals surface area contributed by atoms with Crippen molar-refractivity contribution < 1.29 is 13.2 Å². The Morgan fingerprint density at radius 2 is 1.64 bits per heavy atom. The third-order valence-electron chi connectivity index (χ3n) is 4.97. The number of hydrogen-bond acceptors (Lipinski definition) is 3. The lowest BCUT2D eigenvalue weighted by molar-refractivity contribution is -0.120. The lowest BCUT2D eigenvalue weighted by Crippen LogP contribution is -2.41. The summed E-state index contributed by atoms with van der Waals surface area (Å²) in [6.45, 7) is 2.57. The Balaban J connectivity index is 1.64. The second-order valence-electron chi connectivity index (χ2n) is 6.77. The number of halogens is 2. The van der Waals surface area contributed by atoms with Crippen LogP contribution in [0.5, 0.6) is 0 Å². The molecule has 0 radical (unpaired) electrons. The molecule has 2 aromatic rings. The molecule has 0 bridgehead atoms. The Labute approximate surface area is 175 Å². The molecule has 1 aliphatic rings. The van der Waals surface area contributed by atoms with Crippen LogP contribution in [0.4, 0.5) is 5.69 Å². The number of aryl methyl sites for hydroxylation is 1. The highest BCUT2D eigenvalue weighted by Gasteiger charge is 2.34. The molecule has 8 heteroatoms. The van der Waals surface area contributed by atoms with Crippen molar-refractivity contribution in [2.24, 2.45) is 5.92 Å². The van der Waals surface area contributed by atoms with Gasteiger partial charge in [-0.2, -0.15) is 4.31 Å². The summed E-state index contributed by atoms with van der Waals surface area (Å²) in [5, 5.41) is 3.12. The van der Waals surface area contributed by atoms with E-state index in [1.807, 2.05) is 24.3 Å².